The van der Waals surface area contributed by atoms with Crippen LogP contribution in [0, 0.1) is 6.92 Å². The van der Waals surface area contributed by atoms with Crippen LogP contribution < -0.4 is 4.74 Å². The number of aromatic nitrogens is 1. The third kappa shape index (κ3) is 4.57. The molecule has 0 N–H and O–H groups in total. The van der Waals surface area contributed by atoms with Crippen molar-refractivity contribution in [1.29, 1.82) is 0 Å². The van der Waals surface area contributed by atoms with Crippen LogP contribution in [-0.2, 0) is 4.79 Å². The Hall–Kier alpha value is -2.61. The predicted molar refractivity (Wildman–Crippen MR) is 103 cm³/mol. The van der Waals surface area contributed by atoms with Crippen molar-refractivity contribution in [3.05, 3.63) is 51.8 Å². The number of aryl methyl sites for hydroxylation is 1. The van der Waals surface area contributed by atoms with Crippen LogP contribution in [0.25, 0.3) is 6.08 Å². The monoisotopic (exact) mass is 433 g/mol. The van der Waals surface area contributed by atoms with E-state index in [-0.39, 0.29) is 17.6 Å². The number of ether oxygens (including phenoxy) is 1. The highest BCUT2D eigenvalue weighted by atomic mass is 79.9. The first-order valence-electron chi connectivity index (χ1n) is 8.51. The van der Waals surface area contributed by atoms with Crippen molar-refractivity contribution in [3.63, 3.8) is 0 Å². The summed E-state index contributed by atoms with van der Waals surface area (Å²) in [5.41, 5.74) is 1.48. The highest BCUT2D eigenvalue weighted by Gasteiger charge is 2.26. The highest BCUT2D eigenvalue weighted by molar-refractivity contribution is 9.10. The molecule has 0 aliphatic carbocycles. The summed E-state index contributed by atoms with van der Waals surface area (Å²) < 4.78 is 11.2. The van der Waals surface area contributed by atoms with Gasteiger partial charge in [-0.05, 0) is 31.2 Å². The van der Waals surface area contributed by atoms with Crippen molar-refractivity contribution in [3.8, 4) is 5.75 Å². The fourth-order valence-corrected chi connectivity index (χ4v) is 3.23. The summed E-state index contributed by atoms with van der Waals surface area (Å²) in [5, 5.41) is 3.74. The molecule has 2 aromatic rings. The molecule has 0 saturated carbocycles. The van der Waals surface area contributed by atoms with Gasteiger partial charge in [-0.2, -0.15) is 0 Å². The number of amides is 2. The number of methoxy groups -OCH3 is 1. The first-order valence-corrected chi connectivity index (χ1v) is 9.30. The van der Waals surface area contributed by atoms with Crippen molar-refractivity contribution in [2.24, 2.45) is 0 Å². The quantitative estimate of drug-likeness (QED) is 0.692. The van der Waals surface area contributed by atoms with Crippen molar-refractivity contribution >= 4 is 33.8 Å². The fraction of sp³-hybridized carbons (Fsp3) is 0.316. The second-order valence-electron chi connectivity index (χ2n) is 6.17. The van der Waals surface area contributed by atoms with Gasteiger partial charge in [0, 0.05) is 48.4 Å². The molecular weight excluding hydrogens is 414 g/mol. The van der Waals surface area contributed by atoms with E-state index in [1.807, 2.05) is 18.2 Å². The van der Waals surface area contributed by atoms with E-state index in [2.05, 4.69) is 21.1 Å². The summed E-state index contributed by atoms with van der Waals surface area (Å²) in [7, 11) is 1.59. The first-order chi connectivity index (χ1) is 13.0. The maximum Gasteiger partial charge on any atom is 0.292 e. The van der Waals surface area contributed by atoms with Gasteiger partial charge in [0.25, 0.3) is 5.91 Å². The number of rotatable bonds is 4. The van der Waals surface area contributed by atoms with E-state index in [0.29, 0.717) is 37.6 Å². The summed E-state index contributed by atoms with van der Waals surface area (Å²) in [6, 6.07) is 7.22. The molecule has 0 spiro atoms. The van der Waals surface area contributed by atoms with Gasteiger partial charge in [0.2, 0.25) is 11.7 Å². The largest absolute Gasteiger partial charge is 0.496 e. The molecule has 2 heterocycles. The predicted octanol–water partition coefficient (Wildman–Crippen LogP) is 2.75. The Morgan fingerprint density at radius 1 is 1.19 bits per heavy atom. The molecule has 1 aromatic heterocycles. The van der Waals surface area contributed by atoms with E-state index >= 15 is 0 Å². The van der Waals surface area contributed by atoms with Gasteiger partial charge in [-0.3, -0.25) is 9.59 Å². The Morgan fingerprint density at radius 3 is 2.52 bits per heavy atom. The third-order valence-electron chi connectivity index (χ3n) is 4.31. The minimum atomic E-state index is -0.197. The Kier molecular flexibility index (Phi) is 5.95. The van der Waals surface area contributed by atoms with Crippen LogP contribution in [-0.4, -0.2) is 60.1 Å². The number of carbonyl (C=O) groups excluding carboxylic acids is 2. The molecule has 0 bridgehead atoms. The maximum absolute atomic E-state index is 12.5. The lowest BCUT2D eigenvalue weighted by molar-refractivity contribution is -0.127. The number of carbonyl (C=O) groups is 2. The molecule has 7 nitrogen and oxygen atoms in total. The summed E-state index contributed by atoms with van der Waals surface area (Å²) in [4.78, 5) is 28.2. The lowest BCUT2D eigenvalue weighted by atomic mass is 10.2. The summed E-state index contributed by atoms with van der Waals surface area (Å²) >= 11 is 3.42. The molecule has 1 aromatic carbocycles. The lowest BCUT2D eigenvalue weighted by Crippen LogP contribution is -2.50. The Balaban J connectivity index is 1.59. The van der Waals surface area contributed by atoms with Crippen LogP contribution in [0.5, 0.6) is 5.75 Å². The Bertz CT molecular complexity index is 870. The Labute approximate surface area is 165 Å². The molecule has 1 fully saturated rings. The minimum absolute atomic E-state index is 0.0976. The third-order valence-corrected chi connectivity index (χ3v) is 4.81. The van der Waals surface area contributed by atoms with Crippen LogP contribution in [0.4, 0.5) is 0 Å². The summed E-state index contributed by atoms with van der Waals surface area (Å²) in [6.07, 6.45) is 3.27. The number of hydrogen-bond acceptors (Lipinski definition) is 5. The molecular formula is C19H20BrN3O4. The molecule has 0 atom stereocenters. The fourth-order valence-electron chi connectivity index (χ4n) is 2.85. The van der Waals surface area contributed by atoms with Crippen molar-refractivity contribution in [2.45, 2.75) is 6.92 Å². The van der Waals surface area contributed by atoms with Gasteiger partial charge in [-0.15, -0.1) is 0 Å². The van der Waals surface area contributed by atoms with Gasteiger partial charge < -0.3 is 19.1 Å². The zero-order valence-electron chi connectivity index (χ0n) is 15.1. The van der Waals surface area contributed by atoms with E-state index in [1.165, 1.54) is 6.08 Å². The molecule has 1 aliphatic rings. The molecule has 1 aliphatic heterocycles. The number of hydrogen-bond donors (Lipinski definition) is 0. The smallest absolute Gasteiger partial charge is 0.292 e. The standard InChI is InChI=1S/C19H20BrN3O4/c1-13-11-17(27-21-13)19(25)23-9-7-22(8-10-23)18(24)6-3-14-12-15(20)4-5-16(14)26-2/h3-6,11-12H,7-10H2,1-2H3/b6-3+. The molecule has 0 radical (unpaired) electrons. The molecule has 142 valence electrons. The topological polar surface area (TPSA) is 75.9 Å². The van der Waals surface area contributed by atoms with Crippen LogP contribution in [0.3, 0.4) is 0 Å². The Morgan fingerprint density at radius 2 is 1.89 bits per heavy atom. The molecule has 8 heteroatoms. The number of nitrogens with zero attached hydrogens (tertiary/aromatic N) is 3. The van der Waals surface area contributed by atoms with Crippen LogP contribution in [0.2, 0.25) is 0 Å². The maximum atomic E-state index is 12.5. The van der Waals surface area contributed by atoms with E-state index in [4.69, 9.17) is 9.26 Å². The van der Waals surface area contributed by atoms with Gasteiger partial charge in [-0.1, -0.05) is 21.1 Å². The van der Waals surface area contributed by atoms with E-state index in [0.717, 1.165) is 10.0 Å². The molecule has 1 saturated heterocycles. The molecule has 3 rings (SSSR count). The van der Waals surface area contributed by atoms with Crippen LogP contribution in [0.15, 0.2) is 39.3 Å². The molecule has 0 unspecified atom stereocenters. The average molecular weight is 434 g/mol. The van der Waals surface area contributed by atoms with E-state index < -0.39 is 0 Å². The first kappa shape index (κ1) is 19.2. The minimum Gasteiger partial charge on any atom is -0.496 e. The normalized spacial score (nSPS) is 14.6. The number of halogens is 1. The van der Waals surface area contributed by atoms with Gasteiger partial charge >= 0.3 is 0 Å². The van der Waals surface area contributed by atoms with Crippen molar-refractivity contribution < 1.29 is 18.8 Å². The van der Waals surface area contributed by atoms with Gasteiger partial charge in [0.05, 0.1) is 12.8 Å². The average Bonchev–Trinajstić information content (AvgIpc) is 3.12. The van der Waals surface area contributed by atoms with Crippen LogP contribution in [0.1, 0.15) is 21.8 Å². The number of piperazine rings is 1. The van der Waals surface area contributed by atoms with Gasteiger partial charge in [0.1, 0.15) is 5.75 Å². The van der Waals surface area contributed by atoms with Gasteiger partial charge in [-0.25, -0.2) is 0 Å². The molecule has 2 amide bonds. The summed E-state index contributed by atoms with van der Waals surface area (Å²) in [5.74, 6) is 0.630. The second-order valence-corrected chi connectivity index (χ2v) is 7.09. The lowest BCUT2D eigenvalue weighted by Gasteiger charge is -2.33. The summed E-state index contributed by atoms with van der Waals surface area (Å²) in [6.45, 7) is 3.62. The SMILES string of the molecule is COc1ccc(Br)cc1/C=C/C(=O)N1CCN(C(=O)c2cc(C)no2)CC1. The zero-order valence-corrected chi connectivity index (χ0v) is 16.7. The van der Waals surface area contributed by atoms with Crippen molar-refractivity contribution in [1.82, 2.24) is 15.0 Å². The van der Waals surface area contributed by atoms with E-state index in [1.54, 1.807) is 36.0 Å². The highest BCUT2D eigenvalue weighted by Crippen LogP contribution is 2.24. The van der Waals surface area contributed by atoms with Crippen LogP contribution >= 0.6 is 15.9 Å². The van der Waals surface area contributed by atoms with Crippen molar-refractivity contribution in [2.75, 3.05) is 33.3 Å². The zero-order chi connectivity index (χ0) is 19.4. The number of benzene rings is 1. The van der Waals surface area contributed by atoms with Gasteiger partial charge in [0.15, 0.2) is 0 Å². The van der Waals surface area contributed by atoms with E-state index in [9.17, 15) is 9.59 Å². The molecule has 27 heavy (non-hydrogen) atoms. The second kappa shape index (κ2) is 8.39.